The summed E-state index contributed by atoms with van der Waals surface area (Å²) in [6.45, 7) is 1.50. The number of carbonyl (C=O) groups is 1. The number of carbonyl (C=O) groups excluding carboxylic acids is 1. The van der Waals surface area contributed by atoms with Gasteiger partial charge in [0.2, 0.25) is 5.91 Å². The van der Waals surface area contributed by atoms with E-state index in [-0.39, 0.29) is 12.5 Å². The van der Waals surface area contributed by atoms with Crippen LogP contribution in [0.4, 0.5) is 0 Å². The minimum atomic E-state index is -0.507. The van der Waals surface area contributed by atoms with E-state index in [2.05, 4.69) is 16.1 Å². The third kappa shape index (κ3) is 5.22. The van der Waals surface area contributed by atoms with Gasteiger partial charge in [0.25, 0.3) is 0 Å². The van der Waals surface area contributed by atoms with E-state index in [1.807, 2.05) is 0 Å². The van der Waals surface area contributed by atoms with Gasteiger partial charge in [0.05, 0.1) is 0 Å². The highest BCUT2D eigenvalue weighted by atomic mass is 16.6. The van der Waals surface area contributed by atoms with Gasteiger partial charge in [-0.3, -0.25) is 4.79 Å². The molecule has 0 radical (unpaired) electrons. The summed E-state index contributed by atoms with van der Waals surface area (Å²) in [4.78, 5) is 14.4. The third-order valence-electron chi connectivity index (χ3n) is 0.664. The van der Waals surface area contributed by atoms with Crippen molar-refractivity contribution in [1.82, 2.24) is 5.32 Å². The van der Waals surface area contributed by atoms with Gasteiger partial charge >= 0.3 is 0 Å². The quantitative estimate of drug-likeness (QED) is 0.316. The molecule has 0 aromatic heterocycles. The average Bonchev–Trinajstić information content (AvgIpc) is 1.63. The van der Waals surface area contributed by atoms with E-state index in [4.69, 9.17) is 5.73 Å². The van der Waals surface area contributed by atoms with Crippen molar-refractivity contribution in [2.45, 2.75) is 13.1 Å². The molecule has 1 amide bonds. The van der Waals surface area contributed by atoms with Crippen LogP contribution < -0.4 is 16.9 Å². The normalized spacial score (nSPS) is 12.8. The first kappa shape index (κ1) is 8.35. The van der Waals surface area contributed by atoms with E-state index in [1.165, 1.54) is 6.92 Å². The van der Waals surface area contributed by atoms with Crippen LogP contribution in [0, 0.1) is 0 Å². The smallest absolute Gasteiger partial charge is 0.218 e. The fraction of sp³-hybridized carbons (Fsp3) is 0.750. The predicted molar refractivity (Wildman–Crippen MR) is 31.9 cm³/mol. The summed E-state index contributed by atoms with van der Waals surface area (Å²) in [5.41, 5.74) is 5.25. The standard InChI is InChI=1S/C4H11N3O2/c1-3(8)7-4(5)2-9-6/h4H,2,5-6H2,1H3,(H,7,8). The Hall–Kier alpha value is -0.650. The van der Waals surface area contributed by atoms with Crippen LogP contribution in [0.15, 0.2) is 0 Å². The first-order valence-corrected chi connectivity index (χ1v) is 2.51. The Kier molecular flexibility index (Phi) is 3.94. The van der Waals surface area contributed by atoms with Crippen molar-refractivity contribution in [3.05, 3.63) is 0 Å². The number of rotatable bonds is 3. The van der Waals surface area contributed by atoms with Gasteiger partial charge < -0.3 is 15.9 Å². The summed E-state index contributed by atoms with van der Waals surface area (Å²) in [6.07, 6.45) is -0.507. The molecule has 0 aromatic rings. The van der Waals surface area contributed by atoms with Crippen molar-refractivity contribution in [2.24, 2.45) is 11.6 Å². The second kappa shape index (κ2) is 4.25. The van der Waals surface area contributed by atoms with Crippen LogP contribution in [0.25, 0.3) is 0 Å². The maximum Gasteiger partial charge on any atom is 0.218 e. The van der Waals surface area contributed by atoms with Crippen molar-refractivity contribution < 1.29 is 9.63 Å². The minimum absolute atomic E-state index is 0.125. The molecule has 1 atom stereocenters. The van der Waals surface area contributed by atoms with Crippen LogP contribution in [-0.4, -0.2) is 18.7 Å². The zero-order chi connectivity index (χ0) is 7.28. The summed E-state index contributed by atoms with van der Waals surface area (Å²) in [5.74, 6) is 4.48. The van der Waals surface area contributed by atoms with Crippen molar-refractivity contribution >= 4 is 5.91 Å². The molecule has 0 aromatic carbocycles. The number of nitrogens with one attached hydrogen (secondary N) is 1. The number of hydrogen-bond acceptors (Lipinski definition) is 4. The van der Waals surface area contributed by atoms with E-state index >= 15 is 0 Å². The first-order valence-electron chi connectivity index (χ1n) is 2.51. The number of hydrogen-bond donors (Lipinski definition) is 3. The highest BCUT2D eigenvalue weighted by Crippen LogP contribution is 1.70. The van der Waals surface area contributed by atoms with Gasteiger partial charge in [0.1, 0.15) is 12.8 Å². The van der Waals surface area contributed by atoms with Crippen LogP contribution in [-0.2, 0) is 9.63 Å². The van der Waals surface area contributed by atoms with Crippen LogP contribution in [0.5, 0.6) is 0 Å². The highest BCUT2D eigenvalue weighted by molar-refractivity contribution is 5.73. The van der Waals surface area contributed by atoms with Crippen LogP contribution in [0.2, 0.25) is 0 Å². The van der Waals surface area contributed by atoms with E-state index in [0.29, 0.717) is 0 Å². The second-order valence-corrected chi connectivity index (χ2v) is 1.64. The van der Waals surface area contributed by atoms with Crippen LogP contribution >= 0.6 is 0 Å². The molecular formula is C4H11N3O2. The van der Waals surface area contributed by atoms with E-state index in [1.54, 1.807) is 0 Å². The minimum Gasteiger partial charge on any atom is -0.339 e. The summed E-state index contributed by atoms with van der Waals surface area (Å²) in [6, 6.07) is 0. The van der Waals surface area contributed by atoms with Crippen molar-refractivity contribution in [3.8, 4) is 0 Å². The molecule has 5 nitrogen and oxygen atoms in total. The van der Waals surface area contributed by atoms with Gasteiger partial charge in [-0.2, -0.15) is 0 Å². The summed E-state index contributed by atoms with van der Waals surface area (Å²) >= 11 is 0. The highest BCUT2D eigenvalue weighted by Gasteiger charge is 2.00. The molecule has 0 bridgehead atoms. The Bertz CT molecular complexity index is 95.8. The van der Waals surface area contributed by atoms with Gasteiger partial charge in [0.15, 0.2) is 0 Å². The molecule has 9 heavy (non-hydrogen) atoms. The second-order valence-electron chi connectivity index (χ2n) is 1.64. The average molecular weight is 133 g/mol. The molecule has 0 aliphatic heterocycles. The molecule has 5 N–H and O–H groups in total. The fourth-order valence-electron chi connectivity index (χ4n) is 0.406. The van der Waals surface area contributed by atoms with E-state index < -0.39 is 6.17 Å². The maximum absolute atomic E-state index is 10.2. The molecule has 0 rings (SSSR count). The van der Waals surface area contributed by atoms with Crippen molar-refractivity contribution in [1.29, 1.82) is 0 Å². The molecule has 5 heteroatoms. The first-order chi connectivity index (χ1) is 4.16. The maximum atomic E-state index is 10.2. The molecular weight excluding hydrogens is 122 g/mol. The van der Waals surface area contributed by atoms with Crippen molar-refractivity contribution in [3.63, 3.8) is 0 Å². The monoisotopic (exact) mass is 133 g/mol. The van der Waals surface area contributed by atoms with Gasteiger partial charge in [-0.1, -0.05) is 0 Å². The lowest BCUT2D eigenvalue weighted by molar-refractivity contribution is -0.120. The van der Waals surface area contributed by atoms with Gasteiger partial charge in [-0.25, -0.2) is 5.90 Å². The lowest BCUT2D eigenvalue weighted by Crippen LogP contribution is -2.44. The predicted octanol–water partition coefficient (Wildman–Crippen LogP) is -1.70. The molecule has 54 valence electrons. The van der Waals surface area contributed by atoms with E-state index in [0.717, 1.165) is 0 Å². The van der Waals surface area contributed by atoms with Gasteiger partial charge in [-0.05, 0) is 0 Å². The summed E-state index contributed by atoms with van der Waals surface area (Å²) < 4.78 is 0. The Labute approximate surface area is 53.3 Å². The largest absolute Gasteiger partial charge is 0.339 e. The fourth-order valence-corrected chi connectivity index (χ4v) is 0.406. The molecule has 0 saturated heterocycles. The Morgan fingerprint density at radius 2 is 2.44 bits per heavy atom. The summed E-state index contributed by atoms with van der Waals surface area (Å²) in [5, 5.41) is 2.38. The Morgan fingerprint density at radius 3 is 2.78 bits per heavy atom. The lowest BCUT2D eigenvalue weighted by atomic mass is 10.5. The Balaban J connectivity index is 3.26. The van der Waals surface area contributed by atoms with Crippen LogP contribution in [0.1, 0.15) is 6.92 Å². The van der Waals surface area contributed by atoms with Crippen LogP contribution in [0.3, 0.4) is 0 Å². The molecule has 0 fully saturated rings. The zero-order valence-electron chi connectivity index (χ0n) is 5.26. The third-order valence-corrected chi connectivity index (χ3v) is 0.664. The molecule has 1 unspecified atom stereocenters. The molecule has 0 aliphatic carbocycles. The number of nitrogens with two attached hydrogens (primary N) is 2. The molecule has 0 saturated carbocycles. The number of amides is 1. The topological polar surface area (TPSA) is 90.4 Å². The zero-order valence-corrected chi connectivity index (χ0v) is 5.26. The molecule has 0 heterocycles. The SMILES string of the molecule is CC(=O)NC(N)CON. The lowest BCUT2D eigenvalue weighted by Gasteiger charge is -2.09. The van der Waals surface area contributed by atoms with Gasteiger partial charge in [0, 0.05) is 6.92 Å². The summed E-state index contributed by atoms with van der Waals surface area (Å²) in [7, 11) is 0. The van der Waals surface area contributed by atoms with Gasteiger partial charge in [-0.15, -0.1) is 0 Å². The van der Waals surface area contributed by atoms with Crippen molar-refractivity contribution in [2.75, 3.05) is 6.61 Å². The molecule has 0 spiro atoms. The molecule has 0 aliphatic rings. The van der Waals surface area contributed by atoms with E-state index in [9.17, 15) is 4.79 Å². The Morgan fingerprint density at radius 1 is 1.89 bits per heavy atom.